The van der Waals surface area contributed by atoms with Gasteiger partial charge in [-0.1, -0.05) is 12.8 Å². The van der Waals surface area contributed by atoms with Crippen LogP contribution >= 0.6 is 0 Å². The lowest BCUT2D eigenvalue weighted by atomic mass is 9.86. The molecule has 2 unspecified atom stereocenters. The van der Waals surface area contributed by atoms with E-state index in [-0.39, 0.29) is 23.7 Å². The molecule has 0 heterocycles. The molecular formula is C15H20FNO3. The minimum Gasteiger partial charge on any atom is -0.494 e. The van der Waals surface area contributed by atoms with Gasteiger partial charge in [0.15, 0.2) is 11.6 Å². The van der Waals surface area contributed by atoms with E-state index in [9.17, 15) is 14.3 Å². The Hall–Kier alpha value is -1.62. The summed E-state index contributed by atoms with van der Waals surface area (Å²) in [7, 11) is 1.36. The zero-order valence-electron chi connectivity index (χ0n) is 11.6. The molecule has 1 aliphatic rings. The second-order valence-corrected chi connectivity index (χ2v) is 5.17. The van der Waals surface area contributed by atoms with Gasteiger partial charge in [0.05, 0.1) is 13.2 Å². The fourth-order valence-electron chi connectivity index (χ4n) is 2.55. The maximum Gasteiger partial charge on any atom is 0.251 e. The Kier molecular flexibility index (Phi) is 4.95. The number of aliphatic hydroxyl groups is 1. The lowest BCUT2D eigenvalue weighted by molar-refractivity contribution is 0.0663. The first kappa shape index (κ1) is 14.8. The number of hydrogen-bond donors (Lipinski definition) is 2. The van der Waals surface area contributed by atoms with Crippen LogP contribution in [-0.2, 0) is 0 Å². The standard InChI is InChI=1S/C15H20FNO3/c1-20-14-8-10(6-7-12(14)16)15(19)17-9-11-4-2-3-5-13(11)18/h6-8,11,13,18H,2-5,9H2,1H3,(H,17,19). The molecule has 0 saturated heterocycles. The number of benzene rings is 1. The molecule has 1 fully saturated rings. The van der Waals surface area contributed by atoms with Crippen molar-refractivity contribution in [3.05, 3.63) is 29.6 Å². The fraction of sp³-hybridized carbons (Fsp3) is 0.533. The average molecular weight is 281 g/mol. The molecule has 4 nitrogen and oxygen atoms in total. The summed E-state index contributed by atoms with van der Waals surface area (Å²) in [4.78, 5) is 12.0. The van der Waals surface area contributed by atoms with E-state index in [1.54, 1.807) is 0 Å². The van der Waals surface area contributed by atoms with Gasteiger partial charge >= 0.3 is 0 Å². The molecule has 2 rings (SSSR count). The Bertz CT molecular complexity index is 478. The highest BCUT2D eigenvalue weighted by Crippen LogP contribution is 2.24. The van der Waals surface area contributed by atoms with E-state index >= 15 is 0 Å². The molecule has 20 heavy (non-hydrogen) atoms. The normalized spacial score (nSPS) is 22.4. The number of carbonyl (C=O) groups is 1. The molecule has 1 aliphatic carbocycles. The lowest BCUT2D eigenvalue weighted by Crippen LogP contribution is -2.36. The van der Waals surface area contributed by atoms with Crippen LogP contribution in [0.5, 0.6) is 5.75 Å². The minimum absolute atomic E-state index is 0.0513. The predicted octanol–water partition coefficient (Wildman–Crippen LogP) is 2.12. The van der Waals surface area contributed by atoms with Gasteiger partial charge in [-0.05, 0) is 31.0 Å². The van der Waals surface area contributed by atoms with E-state index in [2.05, 4.69) is 5.32 Å². The zero-order valence-corrected chi connectivity index (χ0v) is 11.6. The van der Waals surface area contributed by atoms with Gasteiger partial charge in [0.2, 0.25) is 0 Å². The number of hydrogen-bond acceptors (Lipinski definition) is 3. The summed E-state index contributed by atoms with van der Waals surface area (Å²) in [5.74, 6) is -0.613. The van der Waals surface area contributed by atoms with Gasteiger partial charge in [-0.3, -0.25) is 4.79 Å². The Labute approximate surface area is 117 Å². The van der Waals surface area contributed by atoms with E-state index in [1.165, 1.54) is 25.3 Å². The van der Waals surface area contributed by atoms with E-state index in [4.69, 9.17) is 4.74 Å². The molecule has 1 aromatic carbocycles. The third-order valence-electron chi connectivity index (χ3n) is 3.81. The molecule has 0 aliphatic heterocycles. The van der Waals surface area contributed by atoms with Crippen LogP contribution in [0.1, 0.15) is 36.0 Å². The number of nitrogens with one attached hydrogen (secondary N) is 1. The molecule has 1 saturated carbocycles. The molecule has 1 aromatic rings. The maximum absolute atomic E-state index is 13.3. The quantitative estimate of drug-likeness (QED) is 0.888. The van der Waals surface area contributed by atoms with Gasteiger partial charge in [0.1, 0.15) is 0 Å². The van der Waals surface area contributed by atoms with Crippen LogP contribution in [0.2, 0.25) is 0 Å². The summed E-state index contributed by atoms with van der Waals surface area (Å²) >= 11 is 0. The zero-order chi connectivity index (χ0) is 14.5. The molecule has 110 valence electrons. The number of aliphatic hydroxyl groups excluding tert-OH is 1. The molecular weight excluding hydrogens is 261 g/mol. The van der Waals surface area contributed by atoms with Crippen molar-refractivity contribution in [2.75, 3.05) is 13.7 Å². The Morgan fingerprint density at radius 1 is 1.45 bits per heavy atom. The summed E-state index contributed by atoms with van der Waals surface area (Å²) in [5.41, 5.74) is 0.355. The molecule has 0 aromatic heterocycles. The number of halogens is 1. The fourth-order valence-corrected chi connectivity index (χ4v) is 2.55. The van der Waals surface area contributed by atoms with Crippen molar-refractivity contribution in [1.29, 1.82) is 0 Å². The van der Waals surface area contributed by atoms with E-state index in [0.717, 1.165) is 25.7 Å². The lowest BCUT2D eigenvalue weighted by Gasteiger charge is -2.27. The molecule has 2 N–H and O–H groups in total. The van der Waals surface area contributed by atoms with Gasteiger partial charge in [-0.15, -0.1) is 0 Å². The Balaban J connectivity index is 1.94. The van der Waals surface area contributed by atoms with Gasteiger partial charge in [0, 0.05) is 18.0 Å². The number of carbonyl (C=O) groups excluding carboxylic acids is 1. The van der Waals surface area contributed by atoms with Crippen LogP contribution in [-0.4, -0.2) is 30.8 Å². The van der Waals surface area contributed by atoms with Crippen molar-refractivity contribution >= 4 is 5.91 Å². The van der Waals surface area contributed by atoms with Crippen molar-refractivity contribution in [1.82, 2.24) is 5.32 Å². The second-order valence-electron chi connectivity index (χ2n) is 5.17. The largest absolute Gasteiger partial charge is 0.494 e. The molecule has 0 spiro atoms. The predicted molar refractivity (Wildman–Crippen MR) is 73.3 cm³/mol. The molecule has 0 radical (unpaired) electrons. The van der Waals surface area contributed by atoms with E-state index in [0.29, 0.717) is 12.1 Å². The molecule has 5 heteroatoms. The van der Waals surface area contributed by atoms with Crippen LogP contribution in [0.4, 0.5) is 4.39 Å². The number of rotatable bonds is 4. The van der Waals surface area contributed by atoms with E-state index < -0.39 is 5.82 Å². The highest BCUT2D eigenvalue weighted by molar-refractivity contribution is 5.94. The second kappa shape index (κ2) is 6.70. The van der Waals surface area contributed by atoms with Gasteiger partial charge in [-0.25, -0.2) is 4.39 Å². The van der Waals surface area contributed by atoms with Crippen molar-refractivity contribution in [2.24, 2.45) is 5.92 Å². The van der Waals surface area contributed by atoms with Crippen LogP contribution in [0.25, 0.3) is 0 Å². The van der Waals surface area contributed by atoms with Gasteiger partial charge in [-0.2, -0.15) is 0 Å². The number of methoxy groups -OCH3 is 1. The third-order valence-corrected chi connectivity index (χ3v) is 3.81. The first-order valence-corrected chi connectivity index (χ1v) is 6.91. The van der Waals surface area contributed by atoms with Gasteiger partial charge < -0.3 is 15.2 Å². The van der Waals surface area contributed by atoms with Crippen LogP contribution in [0, 0.1) is 11.7 Å². The van der Waals surface area contributed by atoms with Crippen molar-refractivity contribution in [2.45, 2.75) is 31.8 Å². The van der Waals surface area contributed by atoms with Crippen molar-refractivity contribution < 1.29 is 19.0 Å². The summed E-state index contributed by atoms with van der Waals surface area (Å²) < 4.78 is 18.1. The summed E-state index contributed by atoms with van der Waals surface area (Å²) in [5, 5.41) is 12.6. The highest BCUT2D eigenvalue weighted by atomic mass is 19.1. The number of ether oxygens (including phenoxy) is 1. The van der Waals surface area contributed by atoms with Crippen LogP contribution in [0.3, 0.4) is 0 Å². The molecule has 1 amide bonds. The highest BCUT2D eigenvalue weighted by Gasteiger charge is 2.23. The smallest absolute Gasteiger partial charge is 0.251 e. The monoisotopic (exact) mass is 281 g/mol. The van der Waals surface area contributed by atoms with E-state index in [1.807, 2.05) is 0 Å². The maximum atomic E-state index is 13.3. The molecule has 0 bridgehead atoms. The SMILES string of the molecule is COc1cc(C(=O)NCC2CCCCC2O)ccc1F. The van der Waals surface area contributed by atoms with Crippen molar-refractivity contribution in [3.63, 3.8) is 0 Å². The van der Waals surface area contributed by atoms with Crippen LogP contribution in [0.15, 0.2) is 18.2 Å². The summed E-state index contributed by atoms with van der Waals surface area (Å²) in [6, 6.07) is 4.01. The van der Waals surface area contributed by atoms with Crippen LogP contribution < -0.4 is 10.1 Å². The minimum atomic E-state index is -0.494. The topological polar surface area (TPSA) is 58.6 Å². The Morgan fingerprint density at radius 3 is 2.90 bits per heavy atom. The summed E-state index contributed by atoms with van der Waals surface area (Å²) in [6.07, 6.45) is 3.51. The van der Waals surface area contributed by atoms with Gasteiger partial charge in [0.25, 0.3) is 5.91 Å². The average Bonchev–Trinajstić information content (AvgIpc) is 2.46. The number of amides is 1. The Morgan fingerprint density at radius 2 is 2.20 bits per heavy atom. The molecule has 2 atom stereocenters. The first-order chi connectivity index (χ1) is 9.61. The summed E-state index contributed by atoms with van der Waals surface area (Å²) in [6.45, 7) is 0.444. The van der Waals surface area contributed by atoms with Crippen molar-refractivity contribution in [3.8, 4) is 5.75 Å². The third kappa shape index (κ3) is 3.48. The first-order valence-electron chi connectivity index (χ1n) is 6.91.